The standard InChI is InChI=1S/C23H22N4O7S/c1-3-32-22(29)15-5-7-16(8-6-15)24-23(35)26-25-21(28)20-11-9-17(34-20)13-33-19-10-4-14(2)12-18(19)27(30)31/h4-12H,3,13H2,1-2H3,(H,25,28)(H2,24,26,35). The molecule has 0 atom stereocenters. The van der Waals surface area contributed by atoms with E-state index in [1.54, 1.807) is 44.2 Å². The molecule has 0 bridgehead atoms. The molecule has 35 heavy (non-hydrogen) atoms. The zero-order valence-electron chi connectivity index (χ0n) is 18.8. The summed E-state index contributed by atoms with van der Waals surface area (Å²) >= 11 is 5.14. The number of nitrogens with one attached hydrogen (secondary N) is 3. The summed E-state index contributed by atoms with van der Waals surface area (Å²) in [5.74, 6) is -0.647. The monoisotopic (exact) mass is 498 g/mol. The Balaban J connectivity index is 1.49. The first-order chi connectivity index (χ1) is 16.8. The highest BCUT2D eigenvalue weighted by Gasteiger charge is 2.17. The maximum absolute atomic E-state index is 12.3. The highest BCUT2D eigenvalue weighted by atomic mass is 32.1. The number of carbonyl (C=O) groups excluding carboxylic acids is 2. The zero-order chi connectivity index (χ0) is 25.4. The number of rotatable bonds is 8. The van der Waals surface area contributed by atoms with Gasteiger partial charge in [-0.1, -0.05) is 6.07 Å². The molecule has 1 amide bonds. The molecule has 12 heteroatoms. The van der Waals surface area contributed by atoms with Crippen molar-refractivity contribution < 1.29 is 28.4 Å². The highest BCUT2D eigenvalue weighted by molar-refractivity contribution is 7.80. The minimum atomic E-state index is -0.598. The van der Waals surface area contributed by atoms with Crippen molar-refractivity contribution in [2.45, 2.75) is 20.5 Å². The fraction of sp³-hybridized carbons (Fsp3) is 0.174. The summed E-state index contributed by atoms with van der Waals surface area (Å²) in [5, 5.41) is 14.2. The van der Waals surface area contributed by atoms with Gasteiger partial charge in [-0.15, -0.1) is 0 Å². The van der Waals surface area contributed by atoms with Crippen LogP contribution in [0.2, 0.25) is 0 Å². The summed E-state index contributed by atoms with van der Waals surface area (Å²) in [7, 11) is 0. The van der Waals surface area contributed by atoms with E-state index in [1.807, 2.05) is 0 Å². The van der Waals surface area contributed by atoms with Crippen molar-refractivity contribution in [2.24, 2.45) is 0 Å². The van der Waals surface area contributed by atoms with E-state index >= 15 is 0 Å². The molecule has 0 aliphatic heterocycles. The van der Waals surface area contributed by atoms with E-state index < -0.39 is 16.8 Å². The average molecular weight is 499 g/mol. The van der Waals surface area contributed by atoms with Crippen LogP contribution >= 0.6 is 12.2 Å². The van der Waals surface area contributed by atoms with Crippen molar-refractivity contribution in [1.29, 1.82) is 0 Å². The number of anilines is 1. The first kappa shape index (κ1) is 25.2. The molecule has 3 rings (SSSR count). The average Bonchev–Trinajstić information content (AvgIpc) is 3.31. The number of esters is 1. The largest absolute Gasteiger partial charge is 0.479 e. The Morgan fingerprint density at radius 1 is 1.09 bits per heavy atom. The topological polar surface area (TPSA) is 145 Å². The predicted octanol–water partition coefficient (Wildman–Crippen LogP) is 3.88. The van der Waals surface area contributed by atoms with Crippen LogP contribution in [-0.2, 0) is 11.3 Å². The molecule has 182 valence electrons. The number of hydrogen-bond acceptors (Lipinski definition) is 8. The van der Waals surface area contributed by atoms with E-state index in [0.717, 1.165) is 5.56 Å². The number of thiocarbonyl (C=S) groups is 1. The fourth-order valence-electron chi connectivity index (χ4n) is 2.86. The van der Waals surface area contributed by atoms with Gasteiger partial charge in [-0.05, 0) is 74.1 Å². The molecule has 3 aromatic rings. The quantitative estimate of drug-likeness (QED) is 0.181. The van der Waals surface area contributed by atoms with E-state index in [-0.39, 0.29) is 35.5 Å². The number of benzene rings is 2. The van der Waals surface area contributed by atoms with Crippen LogP contribution in [0.15, 0.2) is 59.0 Å². The van der Waals surface area contributed by atoms with E-state index in [1.165, 1.54) is 24.3 Å². The van der Waals surface area contributed by atoms with Crippen LogP contribution in [0.4, 0.5) is 11.4 Å². The Labute approximate surface area is 205 Å². The second kappa shape index (κ2) is 11.6. The summed E-state index contributed by atoms with van der Waals surface area (Å²) in [5.41, 5.74) is 6.50. The Hall–Kier alpha value is -4.45. The summed E-state index contributed by atoms with van der Waals surface area (Å²) < 4.78 is 15.9. The Kier molecular flexibility index (Phi) is 8.35. The van der Waals surface area contributed by atoms with Gasteiger partial charge < -0.3 is 19.2 Å². The van der Waals surface area contributed by atoms with Gasteiger partial charge in [-0.2, -0.15) is 0 Å². The van der Waals surface area contributed by atoms with Crippen LogP contribution in [-0.4, -0.2) is 28.5 Å². The maximum atomic E-state index is 12.3. The van der Waals surface area contributed by atoms with E-state index in [2.05, 4.69) is 16.2 Å². The van der Waals surface area contributed by atoms with Gasteiger partial charge in [0.2, 0.25) is 0 Å². The molecular weight excluding hydrogens is 476 g/mol. The van der Waals surface area contributed by atoms with Crippen LogP contribution < -0.4 is 20.9 Å². The normalized spacial score (nSPS) is 10.2. The SMILES string of the molecule is CCOC(=O)c1ccc(NC(=S)NNC(=O)c2ccc(COc3ccc(C)cc3[N+](=O)[O-])o2)cc1. The fourth-order valence-corrected chi connectivity index (χ4v) is 3.03. The molecule has 0 fully saturated rings. The number of nitro groups is 1. The molecule has 11 nitrogen and oxygen atoms in total. The van der Waals surface area contributed by atoms with Crippen molar-refractivity contribution in [3.63, 3.8) is 0 Å². The van der Waals surface area contributed by atoms with Crippen molar-refractivity contribution in [1.82, 2.24) is 10.9 Å². The zero-order valence-corrected chi connectivity index (χ0v) is 19.6. The number of ether oxygens (including phenoxy) is 2. The lowest BCUT2D eigenvalue weighted by molar-refractivity contribution is -0.386. The molecule has 0 aliphatic carbocycles. The summed E-state index contributed by atoms with van der Waals surface area (Å²) in [6.45, 7) is 3.65. The number of nitro benzene ring substituents is 1. The molecule has 0 spiro atoms. The first-order valence-electron chi connectivity index (χ1n) is 10.4. The number of amides is 1. The smallest absolute Gasteiger partial charge is 0.338 e. The third-order valence-electron chi connectivity index (χ3n) is 4.51. The van der Waals surface area contributed by atoms with Crippen LogP contribution in [0, 0.1) is 17.0 Å². The van der Waals surface area contributed by atoms with Crippen molar-refractivity contribution in [3.05, 3.63) is 87.4 Å². The second-order valence-electron chi connectivity index (χ2n) is 7.11. The molecule has 2 aromatic carbocycles. The first-order valence-corrected chi connectivity index (χ1v) is 10.8. The summed E-state index contributed by atoms with van der Waals surface area (Å²) in [4.78, 5) is 34.7. The van der Waals surface area contributed by atoms with Gasteiger partial charge in [0.1, 0.15) is 12.4 Å². The lowest BCUT2D eigenvalue weighted by atomic mass is 10.2. The minimum absolute atomic E-state index is 0.0175. The Morgan fingerprint density at radius 3 is 2.51 bits per heavy atom. The number of nitrogens with zero attached hydrogens (tertiary/aromatic N) is 1. The summed E-state index contributed by atoms with van der Waals surface area (Å²) in [6, 6.07) is 14.0. The van der Waals surface area contributed by atoms with Crippen LogP contribution in [0.25, 0.3) is 0 Å². The molecular formula is C23H22N4O7S. The lowest BCUT2D eigenvalue weighted by Crippen LogP contribution is -2.43. The third-order valence-corrected chi connectivity index (χ3v) is 4.71. The minimum Gasteiger partial charge on any atom is -0.479 e. The number of carbonyl (C=O) groups is 2. The number of hydrazine groups is 1. The number of hydrogen-bond donors (Lipinski definition) is 3. The molecule has 0 saturated heterocycles. The van der Waals surface area contributed by atoms with Crippen molar-refractivity contribution >= 4 is 40.6 Å². The van der Waals surface area contributed by atoms with Crippen LogP contribution in [0.1, 0.15) is 39.2 Å². The van der Waals surface area contributed by atoms with Gasteiger partial charge in [0, 0.05) is 11.8 Å². The molecule has 1 aromatic heterocycles. The van der Waals surface area contributed by atoms with Crippen LogP contribution in [0.5, 0.6) is 5.75 Å². The van der Waals surface area contributed by atoms with E-state index in [0.29, 0.717) is 17.0 Å². The lowest BCUT2D eigenvalue weighted by Gasteiger charge is -2.11. The number of aryl methyl sites for hydroxylation is 1. The molecule has 0 radical (unpaired) electrons. The molecule has 0 unspecified atom stereocenters. The van der Waals surface area contributed by atoms with E-state index in [9.17, 15) is 19.7 Å². The Morgan fingerprint density at radius 2 is 1.83 bits per heavy atom. The van der Waals surface area contributed by atoms with Gasteiger partial charge in [0.15, 0.2) is 16.6 Å². The predicted molar refractivity (Wildman–Crippen MR) is 130 cm³/mol. The molecule has 1 heterocycles. The van der Waals surface area contributed by atoms with Gasteiger partial charge in [0.25, 0.3) is 0 Å². The Bertz CT molecular complexity index is 1240. The van der Waals surface area contributed by atoms with E-state index in [4.69, 9.17) is 26.1 Å². The second-order valence-corrected chi connectivity index (χ2v) is 7.52. The van der Waals surface area contributed by atoms with Gasteiger partial charge in [0.05, 0.1) is 17.1 Å². The van der Waals surface area contributed by atoms with Crippen molar-refractivity contribution in [2.75, 3.05) is 11.9 Å². The molecule has 0 aliphatic rings. The molecule has 3 N–H and O–H groups in total. The number of furan rings is 1. The highest BCUT2D eigenvalue weighted by Crippen LogP contribution is 2.28. The van der Waals surface area contributed by atoms with Gasteiger partial charge in [-0.25, -0.2) is 4.79 Å². The summed E-state index contributed by atoms with van der Waals surface area (Å²) in [6.07, 6.45) is 0. The van der Waals surface area contributed by atoms with Gasteiger partial charge >= 0.3 is 17.6 Å². The van der Waals surface area contributed by atoms with Crippen LogP contribution in [0.3, 0.4) is 0 Å². The maximum Gasteiger partial charge on any atom is 0.338 e. The van der Waals surface area contributed by atoms with Gasteiger partial charge in [-0.3, -0.25) is 25.8 Å². The van der Waals surface area contributed by atoms with Crippen molar-refractivity contribution in [3.8, 4) is 5.75 Å². The molecule has 0 saturated carbocycles. The third kappa shape index (κ3) is 7.01.